The van der Waals surface area contributed by atoms with Crippen LogP contribution in [0.5, 0.6) is 0 Å². The molecule has 0 aliphatic rings. The molecule has 0 aromatic carbocycles. The van der Waals surface area contributed by atoms with Crippen molar-refractivity contribution in [1.82, 2.24) is 0 Å². The molecule has 0 aliphatic heterocycles. The third kappa shape index (κ3) is 4.05. The van der Waals surface area contributed by atoms with Crippen LogP contribution in [0.1, 0.15) is 25.1 Å². The second-order valence-corrected chi connectivity index (χ2v) is 6.07. The summed E-state index contributed by atoms with van der Waals surface area (Å²) in [5, 5.41) is 0. The van der Waals surface area contributed by atoms with Crippen molar-refractivity contribution >= 4 is 33.0 Å². The smallest absolute Gasteiger partial charge is 0.138 e. The summed E-state index contributed by atoms with van der Waals surface area (Å²) in [6, 6.07) is 4.00. The summed E-state index contributed by atoms with van der Waals surface area (Å²) in [6.45, 7) is 4.14. The summed E-state index contributed by atoms with van der Waals surface area (Å²) in [6.07, 6.45) is 1.28. The zero-order valence-electron chi connectivity index (χ0n) is 7.84. The van der Waals surface area contributed by atoms with Gasteiger partial charge >= 0.3 is 0 Å². The van der Waals surface area contributed by atoms with Crippen LogP contribution < -0.4 is 0 Å². The van der Waals surface area contributed by atoms with Gasteiger partial charge in [-0.15, -0.1) is 11.3 Å². The molecule has 0 saturated heterocycles. The Balaban J connectivity index is 2.45. The van der Waals surface area contributed by atoms with E-state index in [0.29, 0.717) is 24.5 Å². The van der Waals surface area contributed by atoms with Gasteiger partial charge in [-0.1, -0.05) is 13.8 Å². The van der Waals surface area contributed by atoms with Crippen molar-refractivity contribution in [2.45, 2.75) is 26.7 Å². The van der Waals surface area contributed by atoms with E-state index in [9.17, 15) is 4.79 Å². The van der Waals surface area contributed by atoms with Crippen LogP contribution in [0.4, 0.5) is 0 Å². The Morgan fingerprint density at radius 3 is 2.69 bits per heavy atom. The van der Waals surface area contributed by atoms with Crippen molar-refractivity contribution in [3.05, 3.63) is 20.8 Å². The van der Waals surface area contributed by atoms with Gasteiger partial charge in [-0.05, 0) is 34.0 Å². The first-order valence-corrected chi connectivity index (χ1v) is 5.95. The predicted molar refractivity (Wildman–Crippen MR) is 60.2 cm³/mol. The van der Waals surface area contributed by atoms with Crippen molar-refractivity contribution in [3.8, 4) is 0 Å². The summed E-state index contributed by atoms with van der Waals surface area (Å²) < 4.78 is 1.10. The van der Waals surface area contributed by atoms with Gasteiger partial charge in [-0.25, -0.2) is 0 Å². The second-order valence-electron chi connectivity index (χ2n) is 3.52. The van der Waals surface area contributed by atoms with Gasteiger partial charge < -0.3 is 0 Å². The summed E-state index contributed by atoms with van der Waals surface area (Å²) >= 11 is 5.02. The third-order valence-electron chi connectivity index (χ3n) is 1.64. The lowest BCUT2D eigenvalue weighted by Crippen LogP contribution is -2.04. The third-order valence-corrected chi connectivity index (χ3v) is 3.26. The molecule has 1 aromatic rings. The molecule has 0 spiro atoms. The number of thiophene rings is 1. The number of Topliss-reactive ketones (excluding diaryl/α,β-unsaturated/α-hetero) is 1. The first-order valence-electron chi connectivity index (χ1n) is 4.34. The zero-order chi connectivity index (χ0) is 9.84. The normalized spacial score (nSPS) is 10.8. The lowest BCUT2D eigenvalue weighted by molar-refractivity contribution is -0.119. The van der Waals surface area contributed by atoms with Gasteiger partial charge in [-0.2, -0.15) is 0 Å². The highest BCUT2D eigenvalue weighted by Gasteiger charge is 2.07. The van der Waals surface area contributed by atoms with Crippen LogP contribution in [0.15, 0.2) is 15.9 Å². The van der Waals surface area contributed by atoms with Crippen LogP contribution in [0, 0.1) is 5.92 Å². The molecule has 0 bridgehead atoms. The van der Waals surface area contributed by atoms with Gasteiger partial charge in [0.25, 0.3) is 0 Å². The van der Waals surface area contributed by atoms with Crippen LogP contribution in [-0.2, 0) is 11.2 Å². The average molecular weight is 261 g/mol. The van der Waals surface area contributed by atoms with Crippen LogP contribution in [-0.4, -0.2) is 5.78 Å². The summed E-state index contributed by atoms with van der Waals surface area (Å²) in [4.78, 5) is 12.6. The van der Waals surface area contributed by atoms with Crippen molar-refractivity contribution in [2.24, 2.45) is 5.92 Å². The summed E-state index contributed by atoms with van der Waals surface area (Å²) in [5.41, 5.74) is 0. The Hall–Kier alpha value is -0.150. The van der Waals surface area contributed by atoms with E-state index in [1.165, 1.54) is 0 Å². The molecule has 0 aliphatic carbocycles. The molecule has 0 saturated carbocycles. The Labute approximate surface area is 91.3 Å². The highest BCUT2D eigenvalue weighted by molar-refractivity contribution is 9.11. The highest BCUT2D eigenvalue weighted by Crippen LogP contribution is 2.23. The van der Waals surface area contributed by atoms with Crippen LogP contribution >= 0.6 is 27.3 Å². The fraction of sp³-hybridized carbons (Fsp3) is 0.500. The minimum Gasteiger partial charge on any atom is -0.299 e. The van der Waals surface area contributed by atoms with Gasteiger partial charge in [0.15, 0.2) is 0 Å². The van der Waals surface area contributed by atoms with E-state index in [1.807, 2.05) is 12.1 Å². The van der Waals surface area contributed by atoms with Crippen molar-refractivity contribution in [1.29, 1.82) is 0 Å². The van der Waals surface area contributed by atoms with Gasteiger partial charge in [0, 0.05) is 17.7 Å². The highest BCUT2D eigenvalue weighted by atomic mass is 79.9. The van der Waals surface area contributed by atoms with Gasteiger partial charge in [0.1, 0.15) is 5.78 Å². The number of rotatable bonds is 4. The minimum atomic E-state index is 0.337. The van der Waals surface area contributed by atoms with Crippen LogP contribution in [0.3, 0.4) is 0 Å². The Morgan fingerprint density at radius 2 is 2.23 bits per heavy atom. The number of ketones is 1. The molecule has 0 radical (unpaired) electrons. The molecule has 0 fully saturated rings. The number of halogens is 1. The van der Waals surface area contributed by atoms with E-state index in [2.05, 4.69) is 29.8 Å². The first kappa shape index (κ1) is 10.9. The standard InChI is InChI=1S/C10H13BrOS/c1-7(2)5-8(12)6-9-3-4-10(11)13-9/h3-4,7H,5-6H2,1-2H3. The molecule has 72 valence electrons. The van der Waals surface area contributed by atoms with Gasteiger partial charge in [0.2, 0.25) is 0 Å². The lowest BCUT2D eigenvalue weighted by Gasteiger charge is -2.01. The summed E-state index contributed by atoms with van der Waals surface area (Å²) in [7, 11) is 0. The minimum absolute atomic E-state index is 0.337. The molecule has 13 heavy (non-hydrogen) atoms. The number of hydrogen-bond acceptors (Lipinski definition) is 2. The SMILES string of the molecule is CC(C)CC(=O)Cc1ccc(Br)s1. The van der Waals surface area contributed by atoms with Gasteiger partial charge in [0.05, 0.1) is 3.79 Å². The Bertz CT molecular complexity index is 291. The van der Waals surface area contributed by atoms with E-state index in [-0.39, 0.29) is 0 Å². The number of carbonyl (C=O) groups is 1. The quantitative estimate of drug-likeness (QED) is 0.808. The topological polar surface area (TPSA) is 17.1 Å². The molecule has 1 aromatic heterocycles. The molecular weight excluding hydrogens is 248 g/mol. The van der Waals surface area contributed by atoms with Crippen molar-refractivity contribution < 1.29 is 4.79 Å². The Morgan fingerprint density at radius 1 is 1.54 bits per heavy atom. The maximum atomic E-state index is 11.4. The molecule has 3 heteroatoms. The molecule has 1 heterocycles. The molecule has 1 rings (SSSR count). The Kier molecular flexibility index (Phi) is 4.13. The molecule has 0 N–H and O–H groups in total. The van der Waals surface area contributed by atoms with Crippen molar-refractivity contribution in [2.75, 3.05) is 0 Å². The second kappa shape index (κ2) is 4.91. The largest absolute Gasteiger partial charge is 0.299 e. The molecular formula is C10H13BrOS. The zero-order valence-corrected chi connectivity index (χ0v) is 10.2. The van der Waals surface area contributed by atoms with Crippen LogP contribution in [0.2, 0.25) is 0 Å². The molecule has 1 nitrogen and oxygen atoms in total. The fourth-order valence-electron chi connectivity index (χ4n) is 1.17. The van der Waals surface area contributed by atoms with Crippen molar-refractivity contribution in [3.63, 3.8) is 0 Å². The average Bonchev–Trinajstić information content (AvgIpc) is 2.33. The lowest BCUT2D eigenvalue weighted by atomic mass is 10.0. The van der Waals surface area contributed by atoms with E-state index in [0.717, 1.165) is 8.66 Å². The number of carbonyl (C=O) groups excluding carboxylic acids is 1. The van der Waals surface area contributed by atoms with E-state index < -0.39 is 0 Å². The summed E-state index contributed by atoms with van der Waals surface area (Å²) in [5.74, 6) is 0.806. The van der Waals surface area contributed by atoms with E-state index in [4.69, 9.17) is 0 Å². The fourth-order valence-corrected chi connectivity index (χ4v) is 2.68. The maximum absolute atomic E-state index is 11.4. The maximum Gasteiger partial charge on any atom is 0.138 e. The monoisotopic (exact) mass is 260 g/mol. The molecule has 0 unspecified atom stereocenters. The van der Waals surface area contributed by atoms with E-state index >= 15 is 0 Å². The van der Waals surface area contributed by atoms with E-state index in [1.54, 1.807) is 11.3 Å². The molecule has 0 amide bonds. The predicted octanol–water partition coefficient (Wildman–Crippen LogP) is 3.67. The first-order chi connectivity index (χ1) is 6.08. The number of hydrogen-bond donors (Lipinski definition) is 0. The van der Waals surface area contributed by atoms with Gasteiger partial charge in [-0.3, -0.25) is 4.79 Å². The van der Waals surface area contributed by atoms with Crippen LogP contribution in [0.25, 0.3) is 0 Å². The molecule has 0 atom stereocenters.